The summed E-state index contributed by atoms with van der Waals surface area (Å²) >= 11 is 12.8. The third-order valence-electron chi connectivity index (χ3n) is 5.29. The van der Waals surface area contributed by atoms with Crippen LogP contribution in [0.25, 0.3) is 5.57 Å². The number of anilines is 1. The van der Waals surface area contributed by atoms with Gasteiger partial charge in [-0.3, -0.25) is 19.3 Å². The van der Waals surface area contributed by atoms with Gasteiger partial charge in [-0.1, -0.05) is 78.9 Å². The molecule has 0 unspecified atom stereocenters. The molecular formula is C24H21ClN2O4S2. The third kappa shape index (κ3) is 4.69. The van der Waals surface area contributed by atoms with E-state index in [1.165, 1.54) is 4.90 Å². The van der Waals surface area contributed by atoms with Crippen molar-refractivity contribution in [1.29, 1.82) is 0 Å². The number of benzene rings is 2. The molecule has 0 bridgehead atoms. The molecule has 2 aromatic rings. The van der Waals surface area contributed by atoms with Crippen molar-refractivity contribution in [2.24, 2.45) is 0 Å². The fourth-order valence-electron chi connectivity index (χ4n) is 3.69. The number of halogens is 1. The first kappa shape index (κ1) is 23.5. The Bertz CT molecular complexity index is 1180. The number of carbonyl (C=O) groups is 3. The first-order valence-electron chi connectivity index (χ1n) is 10.5. The van der Waals surface area contributed by atoms with Gasteiger partial charge in [0, 0.05) is 17.1 Å². The molecule has 4 rings (SSSR count). The molecule has 0 spiro atoms. The zero-order valence-electron chi connectivity index (χ0n) is 17.9. The van der Waals surface area contributed by atoms with Crippen molar-refractivity contribution in [3.05, 3.63) is 69.6 Å². The highest BCUT2D eigenvalue weighted by Gasteiger charge is 2.42. The molecule has 0 N–H and O–H groups in total. The van der Waals surface area contributed by atoms with E-state index in [9.17, 15) is 14.4 Å². The summed E-state index contributed by atoms with van der Waals surface area (Å²) in [5.41, 5.74) is 2.52. The Labute approximate surface area is 206 Å². The monoisotopic (exact) mass is 500 g/mol. The van der Waals surface area contributed by atoms with E-state index in [0.29, 0.717) is 32.8 Å². The minimum atomic E-state index is -0.383. The van der Waals surface area contributed by atoms with Gasteiger partial charge in [0.25, 0.3) is 11.8 Å². The summed E-state index contributed by atoms with van der Waals surface area (Å²) in [6, 6.07) is 14.7. The second kappa shape index (κ2) is 10.1. The van der Waals surface area contributed by atoms with E-state index in [2.05, 4.69) is 0 Å². The van der Waals surface area contributed by atoms with Crippen LogP contribution < -0.4 is 4.90 Å². The fraction of sp³-hybridized carbons (Fsp3) is 0.250. The maximum atomic E-state index is 13.5. The van der Waals surface area contributed by atoms with Crippen molar-refractivity contribution in [2.45, 2.75) is 26.3 Å². The summed E-state index contributed by atoms with van der Waals surface area (Å²) in [4.78, 5) is 41.9. The zero-order valence-corrected chi connectivity index (χ0v) is 20.3. The van der Waals surface area contributed by atoms with Crippen molar-refractivity contribution < 1.29 is 19.1 Å². The van der Waals surface area contributed by atoms with E-state index < -0.39 is 0 Å². The standard InChI is InChI=1S/C24H21ClN2O4S2/c1-2-13-31-19(28)11-12-26-23(30)21(33-24(26)32)20-16-8-4-6-10-18(16)27(22(20)29)14-15-7-3-5-9-17(15)25/h3-10H,2,11-14H2,1H3/b21-20-. The molecule has 1 fully saturated rings. The molecule has 2 aliphatic heterocycles. The van der Waals surface area contributed by atoms with Crippen molar-refractivity contribution in [3.63, 3.8) is 0 Å². The summed E-state index contributed by atoms with van der Waals surface area (Å²) in [5.74, 6) is -1.03. The van der Waals surface area contributed by atoms with E-state index in [0.717, 1.165) is 23.7 Å². The number of amides is 2. The van der Waals surface area contributed by atoms with Gasteiger partial charge in [-0.25, -0.2) is 0 Å². The van der Waals surface area contributed by atoms with Gasteiger partial charge in [-0.15, -0.1) is 0 Å². The van der Waals surface area contributed by atoms with Crippen molar-refractivity contribution in [1.82, 2.24) is 4.90 Å². The Morgan fingerprint density at radius 2 is 1.79 bits per heavy atom. The Morgan fingerprint density at radius 3 is 2.55 bits per heavy atom. The average Bonchev–Trinajstić information content (AvgIpc) is 3.24. The molecule has 0 atom stereocenters. The summed E-state index contributed by atoms with van der Waals surface area (Å²) in [6.07, 6.45) is 0.767. The van der Waals surface area contributed by atoms with Crippen LogP contribution >= 0.6 is 35.6 Å². The van der Waals surface area contributed by atoms with Crippen LogP contribution in [0.4, 0.5) is 5.69 Å². The minimum Gasteiger partial charge on any atom is -0.466 e. The molecular weight excluding hydrogens is 480 g/mol. The van der Waals surface area contributed by atoms with E-state index in [1.807, 2.05) is 49.4 Å². The number of carbonyl (C=O) groups excluding carboxylic acids is 3. The molecule has 170 valence electrons. The highest BCUT2D eigenvalue weighted by molar-refractivity contribution is 8.26. The van der Waals surface area contributed by atoms with Crippen molar-refractivity contribution in [3.8, 4) is 0 Å². The molecule has 2 heterocycles. The predicted octanol–water partition coefficient (Wildman–Crippen LogP) is 4.80. The zero-order chi connectivity index (χ0) is 23.5. The van der Waals surface area contributed by atoms with E-state index in [1.54, 1.807) is 11.0 Å². The number of thioether (sulfide) groups is 1. The largest absolute Gasteiger partial charge is 0.466 e. The molecule has 0 saturated carbocycles. The Morgan fingerprint density at radius 1 is 1.06 bits per heavy atom. The van der Waals surface area contributed by atoms with Gasteiger partial charge >= 0.3 is 5.97 Å². The maximum Gasteiger partial charge on any atom is 0.307 e. The third-order valence-corrected chi connectivity index (χ3v) is 7.11. The molecule has 1 saturated heterocycles. The number of hydrogen-bond donors (Lipinski definition) is 0. The Kier molecular flexibility index (Phi) is 7.17. The fourth-order valence-corrected chi connectivity index (χ4v) is 5.26. The van der Waals surface area contributed by atoms with Gasteiger partial charge in [-0.2, -0.15) is 0 Å². The maximum absolute atomic E-state index is 13.5. The lowest BCUT2D eigenvalue weighted by Crippen LogP contribution is -2.31. The summed E-state index contributed by atoms with van der Waals surface area (Å²) < 4.78 is 5.40. The first-order valence-corrected chi connectivity index (χ1v) is 12.1. The molecule has 0 aromatic heterocycles. The van der Waals surface area contributed by atoms with Gasteiger partial charge in [0.15, 0.2) is 0 Å². The van der Waals surface area contributed by atoms with Crippen LogP contribution in [0.3, 0.4) is 0 Å². The number of rotatable bonds is 7. The molecule has 0 radical (unpaired) electrons. The number of thiocarbonyl (C=S) groups is 1. The van der Waals surface area contributed by atoms with Crippen LogP contribution in [-0.2, 0) is 25.7 Å². The SMILES string of the molecule is CCCOC(=O)CCN1C(=O)/C(=C2/C(=O)N(Cc3ccccc3Cl)c3ccccc32)SC1=S. The number of para-hydroxylation sites is 1. The van der Waals surface area contributed by atoms with Crippen LogP contribution in [0, 0.1) is 0 Å². The van der Waals surface area contributed by atoms with E-state index in [-0.39, 0.29) is 42.2 Å². The van der Waals surface area contributed by atoms with Crippen molar-refractivity contribution >= 4 is 68.9 Å². The summed E-state index contributed by atoms with van der Waals surface area (Å²) in [6.45, 7) is 2.65. The molecule has 9 heteroatoms. The van der Waals surface area contributed by atoms with Crippen LogP contribution in [0.1, 0.15) is 30.9 Å². The Balaban J connectivity index is 1.63. The number of fused-ring (bicyclic) bond motifs is 1. The van der Waals surface area contributed by atoms with Crippen LogP contribution in [-0.4, -0.2) is 40.2 Å². The van der Waals surface area contributed by atoms with Crippen LogP contribution in [0.2, 0.25) is 5.02 Å². The van der Waals surface area contributed by atoms with Crippen LogP contribution in [0.5, 0.6) is 0 Å². The Hall–Kier alpha value is -2.68. The highest BCUT2D eigenvalue weighted by atomic mass is 35.5. The molecule has 2 aliphatic rings. The van der Waals surface area contributed by atoms with Gasteiger partial charge in [0.1, 0.15) is 4.32 Å². The quantitative estimate of drug-likeness (QED) is 0.309. The second-order valence-electron chi connectivity index (χ2n) is 7.50. The summed E-state index contributed by atoms with van der Waals surface area (Å²) in [7, 11) is 0. The lowest BCUT2D eigenvalue weighted by Gasteiger charge is -2.18. The number of esters is 1. The number of ether oxygens (including phenoxy) is 1. The van der Waals surface area contributed by atoms with Crippen LogP contribution in [0.15, 0.2) is 53.4 Å². The first-order chi connectivity index (χ1) is 15.9. The van der Waals surface area contributed by atoms with Gasteiger partial charge in [0.05, 0.1) is 35.7 Å². The second-order valence-corrected chi connectivity index (χ2v) is 9.55. The van der Waals surface area contributed by atoms with E-state index in [4.69, 9.17) is 28.6 Å². The molecule has 2 aromatic carbocycles. The minimum absolute atomic E-state index is 0.0399. The number of nitrogens with zero attached hydrogens (tertiary/aromatic N) is 2. The lowest BCUT2D eigenvalue weighted by molar-refractivity contribution is -0.144. The molecule has 33 heavy (non-hydrogen) atoms. The predicted molar refractivity (Wildman–Crippen MR) is 134 cm³/mol. The highest BCUT2D eigenvalue weighted by Crippen LogP contribution is 2.45. The van der Waals surface area contributed by atoms with Gasteiger partial charge < -0.3 is 9.64 Å². The molecule has 6 nitrogen and oxygen atoms in total. The average molecular weight is 501 g/mol. The molecule has 0 aliphatic carbocycles. The topological polar surface area (TPSA) is 66.9 Å². The normalized spacial score (nSPS) is 17.7. The van der Waals surface area contributed by atoms with Crippen molar-refractivity contribution in [2.75, 3.05) is 18.1 Å². The summed E-state index contributed by atoms with van der Waals surface area (Å²) in [5, 5.41) is 0.567. The van der Waals surface area contributed by atoms with Gasteiger partial charge in [-0.05, 0) is 24.1 Å². The lowest BCUT2D eigenvalue weighted by atomic mass is 10.1. The van der Waals surface area contributed by atoms with Gasteiger partial charge in [0.2, 0.25) is 0 Å². The smallest absolute Gasteiger partial charge is 0.307 e. The molecule has 2 amide bonds. The van der Waals surface area contributed by atoms with E-state index >= 15 is 0 Å². The number of hydrogen-bond acceptors (Lipinski definition) is 6.